The highest BCUT2D eigenvalue weighted by molar-refractivity contribution is 5.69. The van der Waals surface area contributed by atoms with Crippen molar-refractivity contribution < 1.29 is 28.9 Å². The fraction of sp³-hybridized carbons (Fsp3) is 0.706. The van der Waals surface area contributed by atoms with Gasteiger partial charge in [0.1, 0.15) is 18.0 Å². The van der Waals surface area contributed by atoms with Crippen molar-refractivity contribution in [3.63, 3.8) is 0 Å². The number of nitriles is 1. The molecule has 2 rings (SSSR count). The molecule has 0 aromatic heterocycles. The summed E-state index contributed by atoms with van der Waals surface area (Å²) in [4.78, 5) is 22.3. The topological polar surface area (TPSA) is 106 Å². The Bertz CT molecular complexity index is 564. The van der Waals surface area contributed by atoms with Gasteiger partial charge in [0.25, 0.3) is 0 Å². The highest BCUT2D eigenvalue weighted by Crippen LogP contribution is 2.46. The summed E-state index contributed by atoms with van der Waals surface area (Å²) in [6.07, 6.45) is 1.83. The molecule has 0 aromatic carbocycles. The van der Waals surface area contributed by atoms with Crippen molar-refractivity contribution in [2.75, 3.05) is 13.7 Å². The number of methoxy groups -OCH3 is 1. The summed E-state index contributed by atoms with van der Waals surface area (Å²) < 4.78 is 15.8. The first-order valence-corrected chi connectivity index (χ1v) is 8.13. The SMILES string of the molecule is COC(=O)CCC/C(C#N)=C1/C[C@@H]2[C@@H](CO)[C@H](OC(C)=O)C[C@@H]2O1. The van der Waals surface area contributed by atoms with E-state index in [1.165, 1.54) is 14.0 Å². The van der Waals surface area contributed by atoms with Gasteiger partial charge in [-0.3, -0.25) is 9.59 Å². The second-order valence-corrected chi connectivity index (χ2v) is 6.20. The van der Waals surface area contributed by atoms with Gasteiger partial charge in [0.05, 0.1) is 18.8 Å². The van der Waals surface area contributed by atoms with Gasteiger partial charge in [-0.1, -0.05) is 0 Å². The van der Waals surface area contributed by atoms with Crippen LogP contribution in [-0.4, -0.2) is 43.0 Å². The lowest BCUT2D eigenvalue weighted by Crippen LogP contribution is -2.27. The lowest BCUT2D eigenvalue weighted by molar-refractivity contribution is -0.149. The molecule has 4 atom stereocenters. The lowest BCUT2D eigenvalue weighted by atomic mass is 9.91. The molecular formula is C17H23NO6. The van der Waals surface area contributed by atoms with E-state index >= 15 is 0 Å². The van der Waals surface area contributed by atoms with E-state index < -0.39 is 0 Å². The van der Waals surface area contributed by atoms with Crippen molar-refractivity contribution >= 4 is 11.9 Å². The maximum atomic E-state index is 11.2. The maximum Gasteiger partial charge on any atom is 0.305 e. The fourth-order valence-electron chi connectivity index (χ4n) is 3.56. The fourth-order valence-corrected chi connectivity index (χ4v) is 3.56. The van der Waals surface area contributed by atoms with E-state index in [-0.39, 0.29) is 49.0 Å². The van der Waals surface area contributed by atoms with Crippen LogP contribution < -0.4 is 0 Å². The molecule has 0 unspecified atom stereocenters. The molecule has 1 heterocycles. The number of aliphatic hydroxyl groups is 1. The van der Waals surface area contributed by atoms with E-state index in [9.17, 15) is 20.0 Å². The van der Waals surface area contributed by atoms with Gasteiger partial charge in [-0.05, 0) is 12.8 Å². The van der Waals surface area contributed by atoms with Crippen molar-refractivity contribution in [2.24, 2.45) is 11.8 Å². The summed E-state index contributed by atoms with van der Waals surface area (Å²) in [6.45, 7) is 1.27. The molecule has 1 saturated carbocycles. The zero-order valence-electron chi connectivity index (χ0n) is 14.0. The number of esters is 2. The maximum absolute atomic E-state index is 11.2. The monoisotopic (exact) mass is 337 g/mol. The summed E-state index contributed by atoms with van der Waals surface area (Å²) in [5.41, 5.74) is 0.536. The second kappa shape index (κ2) is 8.15. The largest absolute Gasteiger partial charge is 0.493 e. The first-order valence-electron chi connectivity index (χ1n) is 8.13. The first kappa shape index (κ1) is 18.3. The third-order valence-electron chi connectivity index (χ3n) is 4.72. The number of fused-ring (bicyclic) bond motifs is 1. The van der Waals surface area contributed by atoms with Crippen LogP contribution >= 0.6 is 0 Å². The average molecular weight is 337 g/mol. The highest BCUT2D eigenvalue weighted by atomic mass is 16.6. The Balaban J connectivity index is 2.00. The van der Waals surface area contributed by atoms with Gasteiger partial charge in [-0.2, -0.15) is 5.26 Å². The smallest absolute Gasteiger partial charge is 0.305 e. The third-order valence-corrected chi connectivity index (χ3v) is 4.72. The molecule has 132 valence electrons. The number of ether oxygens (including phenoxy) is 3. The highest BCUT2D eigenvalue weighted by Gasteiger charge is 2.50. The van der Waals surface area contributed by atoms with Gasteiger partial charge < -0.3 is 19.3 Å². The van der Waals surface area contributed by atoms with Gasteiger partial charge >= 0.3 is 11.9 Å². The Morgan fingerprint density at radius 1 is 1.42 bits per heavy atom. The van der Waals surface area contributed by atoms with E-state index in [2.05, 4.69) is 10.8 Å². The molecule has 1 N–H and O–H groups in total. The molecule has 1 aliphatic carbocycles. The van der Waals surface area contributed by atoms with Crippen LogP contribution in [0, 0.1) is 23.2 Å². The van der Waals surface area contributed by atoms with E-state index in [4.69, 9.17) is 9.47 Å². The predicted octanol–water partition coefficient (Wildman–Crippen LogP) is 1.46. The van der Waals surface area contributed by atoms with Crippen molar-refractivity contribution in [1.29, 1.82) is 5.26 Å². The molecule has 2 fully saturated rings. The van der Waals surface area contributed by atoms with E-state index in [0.29, 0.717) is 37.0 Å². The Hall–Kier alpha value is -2.07. The van der Waals surface area contributed by atoms with Crippen LogP contribution in [0.3, 0.4) is 0 Å². The zero-order chi connectivity index (χ0) is 17.7. The van der Waals surface area contributed by atoms with E-state index in [1.807, 2.05) is 0 Å². The van der Waals surface area contributed by atoms with Crippen LogP contribution in [0.2, 0.25) is 0 Å². The average Bonchev–Trinajstić information content (AvgIpc) is 3.07. The van der Waals surface area contributed by atoms with Crippen LogP contribution in [0.15, 0.2) is 11.3 Å². The van der Waals surface area contributed by atoms with Gasteiger partial charge in [0.15, 0.2) is 0 Å². The number of hydrogen-bond acceptors (Lipinski definition) is 7. The van der Waals surface area contributed by atoms with Gasteiger partial charge in [0, 0.05) is 44.6 Å². The number of hydrogen-bond donors (Lipinski definition) is 1. The lowest BCUT2D eigenvalue weighted by Gasteiger charge is -2.20. The molecule has 0 bridgehead atoms. The molecule has 1 saturated heterocycles. The van der Waals surface area contributed by atoms with Gasteiger partial charge in [-0.25, -0.2) is 0 Å². The van der Waals surface area contributed by atoms with E-state index in [1.54, 1.807) is 0 Å². The minimum absolute atomic E-state index is 0.0401. The summed E-state index contributed by atoms with van der Waals surface area (Å²) in [5, 5.41) is 19.0. The van der Waals surface area contributed by atoms with Crippen LogP contribution in [0.4, 0.5) is 0 Å². The summed E-state index contributed by atoms with van der Waals surface area (Å²) in [6, 6.07) is 2.16. The predicted molar refractivity (Wildman–Crippen MR) is 82.2 cm³/mol. The number of allylic oxidation sites excluding steroid dienone is 2. The quantitative estimate of drug-likeness (QED) is 0.577. The molecule has 0 amide bonds. The first-order chi connectivity index (χ1) is 11.5. The van der Waals surface area contributed by atoms with Crippen LogP contribution in [-0.2, 0) is 23.8 Å². The summed E-state index contributed by atoms with van der Waals surface area (Å²) >= 11 is 0. The van der Waals surface area contributed by atoms with Crippen LogP contribution in [0.5, 0.6) is 0 Å². The van der Waals surface area contributed by atoms with Crippen molar-refractivity contribution in [3.8, 4) is 6.07 Å². The molecule has 0 spiro atoms. The normalized spacial score (nSPS) is 30.1. The minimum Gasteiger partial charge on any atom is -0.493 e. The Labute approximate surface area is 141 Å². The number of carbonyl (C=O) groups is 2. The number of rotatable bonds is 6. The molecule has 1 aliphatic heterocycles. The number of nitrogens with zero attached hydrogens (tertiary/aromatic N) is 1. The third kappa shape index (κ3) is 4.06. The van der Waals surface area contributed by atoms with Crippen molar-refractivity contribution in [3.05, 3.63) is 11.3 Å². The van der Waals surface area contributed by atoms with Crippen molar-refractivity contribution in [2.45, 2.75) is 51.2 Å². The Morgan fingerprint density at radius 2 is 2.17 bits per heavy atom. The molecule has 2 aliphatic rings. The summed E-state index contributed by atoms with van der Waals surface area (Å²) in [7, 11) is 1.34. The van der Waals surface area contributed by atoms with E-state index in [0.717, 1.165) is 0 Å². The van der Waals surface area contributed by atoms with Crippen LogP contribution in [0.1, 0.15) is 39.0 Å². The summed E-state index contributed by atoms with van der Waals surface area (Å²) in [5.74, 6) is -0.164. The Morgan fingerprint density at radius 3 is 2.75 bits per heavy atom. The molecule has 7 heteroatoms. The molecule has 7 nitrogen and oxygen atoms in total. The Kier molecular flexibility index (Phi) is 6.21. The molecule has 0 aromatic rings. The van der Waals surface area contributed by atoms with Gasteiger partial charge in [0.2, 0.25) is 0 Å². The molecular weight excluding hydrogens is 314 g/mol. The standard InChI is InChI=1S/C17H23NO6/c1-10(20)23-16-7-15-12(13(16)9-19)6-14(24-15)11(8-18)4-3-5-17(21)22-2/h12-13,15-16,19H,3-7,9H2,1-2H3/b14-11+/t12-,13-,15+,16-/m1/s1. The van der Waals surface area contributed by atoms with Gasteiger partial charge in [-0.15, -0.1) is 0 Å². The second-order valence-electron chi connectivity index (χ2n) is 6.20. The minimum atomic E-state index is -0.366. The molecule has 24 heavy (non-hydrogen) atoms. The molecule has 0 radical (unpaired) electrons. The number of carbonyl (C=O) groups excluding carboxylic acids is 2. The zero-order valence-corrected chi connectivity index (χ0v) is 14.0. The van der Waals surface area contributed by atoms with Crippen LogP contribution in [0.25, 0.3) is 0 Å². The number of aliphatic hydroxyl groups excluding tert-OH is 1. The van der Waals surface area contributed by atoms with Crippen molar-refractivity contribution in [1.82, 2.24) is 0 Å².